The van der Waals surface area contributed by atoms with Gasteiger partial charge in [-0.05, 0) is 24.3 Å². The second-order valence-corrected chi connectivity index (χ2v) is 5.42. The number of amides is 2. The lowest BCUT2D eigenvalue weighted by Crippen LogP contribution is -2.19. The number of hydrogen-bond acceptors (Lipinski definition) is 8. The molecule has 2 aromatic heterocycles. The molecule has 0 aliphatic rings. The SMILES string of the molecule is O=C(Nc1ccc(-c2nc(CO)cc(NCCO)n2)cc1)Nc1ccon1. The van der Waals surface area contributed by atoms with Crippen molar-refractivity contribution in [2.24, 2.45) is 0 Å². The second-order valence-electron chi connectivity index (χ2n) is 5.42. The third-order valence-electron chi connectivity index (χ3n) is 3.44. The van der Waals surface area contributed by atoms with Crippen molar-refractivity contribution in [1.82, 2.24) is 15.1 Å². The van der Waals surface area contributed by atoms with Crippen LogP contribution in [-0.2, 0) is 6.61 Å². The number of rotatable bonds is 7. The first-order valence-electron chi connectivity index (χ1n) is 8.10. The molecule has 0 radical (unpaired) electrons. The fourth-order valence-corrected chi connectivity index (χ4v) is 2.24. The van der Waals surface area contributed by atoms with E-state index in [1.165, 1.54) is 12.3 Å². The van der Waals surface area contributed by atoms with E-state index >= 15 is 0 Å². The monoisotopic (exact) mass is 370 g/mol. The van der Waals surface area contributed by atoms with Crippen LogP contribution in [0.15, 0.2) is 47.2 Å². The number of carbonyl (C=O) groups excluding carboxylic acids is 1. The van der Waals surface area contributed by atoms with Crippen molar-refractivity contribution >= 4 is 23.4 Å². The van der Waals surface area contributed by atoms with E-state index in [2.05, 4.69) is 35.6 Å². The van der Waals surface area contributed by atoms with Crippen LogP contribution in [-0.4, -0.2) is 44.5 Å². The molecule has 5 N–H and O–H groups in total. The van der Waals surface area contributed by atoms with Crippen LogP contribution in [0.2, 0.25) is 0 Å². The maximum absolute atomic E-state index is 11.9. The zero-order valence-electron chi connectivity index (χ0n) is 14.2. The van der Waals surface area contributed by atoms with Gasteiger partial charge >= 0.3 is 6.03 Å². The Morgan fingerprint density at radius 3 is 2.52 bits per heavy atom. The molecule has 10 nitrogen and oxygen atoms in total. The molecule has 0 unspecified atom stereocenters. The number of aromatic nitrogens is 3. The zero-order valence-corrected chi connectivity index (χ0v) is 14.2. The molecule has 3 rings (SSSR count). The number of hydrogen-bond donors (Lipinski definition) is 5. The van der Waals surface area contributed by atoms with Crippen LogP contribution in [0.25, 0.3) is 11.4 Å². The van der Waals surface area contributed by atoms with Gasteiger partial charge in [-0.25, -0.2) is 14.8 Å². The molecular formula is C17H18N6O4. The minimum absolute atomic E-state index is 0.0371. The first kappa shape index (κ1) is 18.3. The normalized spacial score (nSPS) is 10.4. The molecule has 1 aromatic carbocycles. The number of nitrogens with one attached hydrogen (secondary N) is 3. The van der Waals surface area contributed by atoms with Gasteiger partial charge in [-0.2, -0.15) is 0 Å². The number of aliphatic hydroxyl groups is 2. The summed E-state index contributed by atoms with van der Waals surface area (Å²) in [5, 5.41) is 30.0. The maximum Gasteiger partial charge on any atom is 0.324 e. The van der Waals surface area contributed by atoms with Gasteiger partial charge in [0.1, 0.15) is 12.1 Å². The Labute approximate surface area is 154 Å². The second kappa shape index (κ2) is 8.74. The summed E-state index contributed by atoms with van der Waals surface area (Å²) < 4.78 is 4.64. The topological polar surface area (TPSA) is 145 Å². The van der Waals surface area contributed by atoms with Gasteiger partial charge in [-0.3, -0.25) is 5.32 Å². The van der Waals surface area contributed by atoms with Crippen molar-refractivity contribution in [3.8, 4) is 11.4 Å². The molecule has 3 aromatic rings. The predicted molar refractivity (Wildman–Crippen MR) is 98.1 cm³/mol. The van der Waals surface area contributed by atoms with Gasteiger partial charge in [-0.15, -0.1) is 0 Å². The van der Waals surface area contributed by atoms with E-state index in [1.807, 2.05) is 0 Å². The van der Waals surface area contributed by atoms with Crippen LogP contribution in [0.1, 0.15) is 5.69 Å². The van der Waals surface area contributed by atoms with E-state index in [0.29, 0.717) is 40.9 Å². The van der Waals surface area contributed by atoms with Gasteiger partial charge in [-0.1, -0.05) is 5.16 Å². The quantitative estimate of drug-likeness (QED) is 0.422. The third-order valence-corrected chi connectivity index (χ3v) is 3.44. The number of benzene rings is 1. The fraction of sp³-hybridized carbons (Fsp3) is 0.176. The Morgan fingerprint density at radius 1 is 1.04 bits per heavy atom. The predicted octanol–water partition coefficient (Wildman–Crippen LogP) is 1.67. The van der Waals surface area contributed by atoms with E-state index in [0.717, 1.165) is 0 Å². The van der Waals surface area contributed by atoms with Crippen LogP contribution >= 0.6 is 0 Å². The smallest absolute Gasteiger partial charge is 0.324 e. The first-order valence-corrected chi connectivity index (χ1v) is 8.10. The van der Waals surface area contributed by atoms with Crippen molar-refractivity contribution in [2.45, 2.75) is 6.61 Å². The van der Waals surface area contributed by atoms with Crippen LogP contribution in [0.4, 0.5) is 22.1 Å². The summed E-state index contributed by atoms with van der Waals surface area (Å²) in [7, 11) is 0. The van der Waals surface area contributed by atoms with Crippen molar-refractivity contribution in [3.05, 3.63) is 48.4 Å². The summed E-state index contributed by atoms with van der Waals surface area (Å²) in [6, 6.07) is 9.59. The van der Waals surface area contributed by atoms with Gasteiger partial charge in [0.05, 0.1) is 18.9 Å². The van der Waals surface area contributed by atoms with Gasteiger partial charge in [0, 0.05) is 29.9 Å². The van der Waals surface area contributed by atoms with Crippen LogP contribution < -0.4 is 16.0 Å². The van der Waals surface area contributed by atoms with Gasteiger partial charge in [0.15, 0.2) is 11.6 Å². The molecule has 0 spiro atoms. The number of nitrogens with zero attached hydrogens (tertiary/aromatic N) is 3. The summed E-state index contributed by atoms with van der Waals surface area (Å²) >= 11 is 0. The molecule has 0 fully saturated rings. The Bertz CT molecular complexity index is 883. The average Bonchev–Trinajstić information content (AvgIpc) is 3.19. The number of anilines is 3. The highest BCUT2D eigenvalue weighted by Gasteiger charge is 2.08. The third kappa shape index (κ3) is 5.00. The summed E-state index contributed by atoms with van der Waals surface area (Å²) in [5.74, 6) is 1.23. The molecule has 2 amide bonds. The Kier molecular flexibility index (Phi) is 5.92. The summed E-state index contributed by atoms with van der Waals surface area (Å²) in [6.45, 7) is 0.0700. The molecule has 0 saturated carbocycles. The number of aliphatic hydroxyl groups excluding tert-OH is 2. The number of urea groups is 1. The van der Waals surface area contributed by atoms with Crippen molar-refractivity contribution in [1.29, 1.82) is 0 Å². The van der Waals surface area contributed by atoms with Crippen LogP contribution in [0, 0.1) is 0 Å². The van der Waals surface area contributed by atoms with E-state index < -0.39 is 6.03 Å². The van der Waals surface area contributed by atoms with E-state index in [9.17, 15) is 9.90 Å². The molecule has 2 heterocycles. The summed E-state index contributed by atoms with van der Waals surface area (Å²) in [6.07, 6.45) is 1.36. The largest absolute Gasteiger partial charge is 0.395 e. The van der Waals surface area contributed by atoms with Gasteiger partial charge in [0.2, 0.25) is 0 Å². The summed E-state index contributed by atoms with van der Waals surface area (Å²) in [5.41, 5.74) is 1.73. The molecule has 140 valence electrons. The van der Waals surface area contributed by atoms with Crippen molar-refractivity contribution < 1.29 is 19.5 Å². The molecule has 10 heteroatoms. The molecule has 0 aliphatic carbocycles. The molecule has 0 bridgehead atoms. The molecular weight excluding hydrogens is 352 g/mol. The standard InChI is InChI=1S/C17H18N6O4/c24-7-6-18-15-9-13(10-25)19-16(21-15)11-1-3-12(4-2-11)20-17(26)22-14-5-8-27-23-14/h1-5,8-9,24-25H,6-7,10H2,(H,18,19,21)(H2,20,22,23,26). The van der Waals surface area contributed by atoms with Crippen molar-refractivity contribution in [3.63, 3.8) is 0 Å². The van der Waals surface area contributed by atoms with E-state index in [4.69, 9.17) is 5.11 Å². The van der Waals surface area contributed by atoms with Gasteiger partial charge < -0.3 is 25.4 Å². The number of carbonyl (C=O) groups is 1. The van der Waals surface area contributed by atoms with Crippen LogP contribution in [0.3, 0.4) is 0 Å². The van der Waals surface area contributed by atoms with Gasteiger partial charge in [0.25, 0.3) is 0 Å². The molecule has 0 atom stereocenters. The molecule has 27 heavy (non-hydrogen) atoms. The highest BCUT2D eigenvalue weighted by molar-refractivity contribution is 5.99. The molecule has 0 aliphatic heterocycles. The fourth-order valence-electron chi connectivity index (χ4n) is 2.24. The Hall–Kier alpha value is -3.50. The lowest BCUT2D eigenvalue weighted by molar-refractivity contribution is 0.262. The lowest BCUT2D eigenvalue weighted by Gasteiger charge is -2.09. The van der Waals surface area contributed by atoms with Crippen molar-refractivity contribution in [2.75, 3.05) is 29.1 Å². The lowest BCUT2D eigenvalue weighted by atomic mass is 10.2. The zero-order chi connectivity index (χ0) is 19.1. The minimum atomic E-state index is -0.453. The first-order chi connectivity index (χ1) is 13.2. The highest BCUT2D eigenvalue weighted by Crippen LogP contribution is 2.20. The maximum atomic E-state index is 11.9. The van der Waals surface area contributed by atoms with E-state index in [-0.39, 0.29) is 13.2 Å². The minimum Gasteiger partial charge on any atom is -0.395 e. The Morgan fingerprint density at radius 2 is 1.85 bits per heavy atom. The van der Waals surface area contributed by atoms with E-state index in [1.54, 1.807) is 30.3 Å². The highest BCUT2D eigenvalue weighted by atomic mass is 16.5. The average molecular weight is 370 g/mol. The molecule has 0 saturated heterocycles. The Balaban J connectivity index is 1.71. The van der Waals surface area contributed by atoms with Crippen LogP contribution in [0.5, 0.6) is 0 Å². The summed E-state index contributed by atoms with van der Waals surface area (Å²) in [4.78, 5) is 20.5.